The molecule has 2 atom stereocenters. The van der Waals surface area contributed by atoms with Crippen LogP contribution in [-0.2, 0) is 9.68 Å². The molecule has 19 nitrogen and oxygen atoms in total. The van der Waals surface area contributed by atoms with Gasteiger partial charge < -0.3 is 25.3 Å². The zero-order valence-corrected chi connectivity index (χ0v) is 42.1. The second kappa shape index (κ2) is 30.3. The van der Waals surface area contributed by atoms with Crippen LogP contribution in [0.5, 0.6) is 0 Å². The molecule has 11 N–H and O–H groups in total. The predicted molar refractivity (Wildman–Crippen MR) is 262 cm³/mol. The van der Waals surface area contributed by atoms with Crippen molar-refractivity contribution in [2.24, 2.45) is 17.6 Å². The lowest BCUT2D eigenvalue weighted by Gasteiger charge is -2.25. The molecule has 3 aliphatic rings. The van der Waals surface area contributed by atoms with Crippen molar-refractivity contribution in [3.8, 4) is 0 Å². The zero-order chi connectivity index (χ0) is 52.6. The maximum Gasteiger partial charge on any atom is 0.285 e. The number of allylic oxidation sites excluding steroid dienone is 3. The van der Waals surface area contributed by atoms with E-state index >= 15 is 0 Å². The first-order valence-electron chi connectivity index (χ1n) is 21.9. The molecule has 0 spiro atoms. The minimum atomic E-state index is -1.18. The summed E-state index contributed by atoms with van der Waals surface area (Å²) in [5.41, 5.74) is 2.52. The highest BCUT2D eigenvalue weighted by Gasteiger charge is 2.37. The van der Waals surface area contributed by atoms with Gasteiger partial charge in [0.1, 0.15) is 0 Å². The average molecular weight is 1030 g/mol. The van der Waals surface area contributed by atoms with Gasteiger partial charge in [0.05, 0.1) is 70.0 Å². The Morgan fingerprint density at radius 2 is 0.957 bits per heavy atom. The number of aliphatic hydroxyl groups excluding tert-OH is 2. The van der Waals surface area contributed by atoms with Crippen molar-refractivity contribution in [3.05, 3.63) is 129 Å². The summed E-state index contributed by atoms with van der Waals surface area (Å²) in [5, 5.41) is 48.6. The number of hydrogen-bond donors (Lipinski definition) is 8. The van der Waals surface area contributed by atoms with Gasteiger partial charge in [-0.15, -0.1) is 10.1 Å². The van der Waals surface area contributed by atoms with Crippen LogP contribution in [0, 0.1) is 0 Å². The molecule has 0 aliphatic carbocycles. The molecule has 3 aromatic carbocycles. The third-order valence-corrected chi connectivity index (χ3v) is 10.4. The Kier molecular flexibility index (Phi) is 27.1. The summed E-state index contributed by atoms with van der Waals surface area (Å²) >= 11 is 3.33. The molecule has 0 aromatic heterocycles. The first kappa shape index (κ1) is 61.7. The van der Waals surface area contributed by atoms with Crippen LogP contribution in [0.15, 0.2) is 96.1 Å². The Labute approximate surface area is 412 Å². The van der Waals surface area contributed by atoms with E-state index in [-0.39, 0.29) is 53.0 Å². The SMILES string of the molecule is CC(C)(O)C(O)CCCN1C(=O)c2ccccc2C1=O.CC(C)(O)C(O)CCON.CC(C)=CCCBr.CC(C)=CCCON1C(=O)c2ccccc2C1=O.NN.O=C1c2ccccc2C(=O)N1O. The van der Waals surface area contributed by atoms with E-state index < -0.39 is 35.2 Å². The molecule has 20 heteroatoms. The lowest BCUT2D eigenvalue weighted by molar-refractivity contribution is -0.0897. The summed E-state index contributed by atoms with van der Waals surface area (Å²) in [6, 6.07) is 19.8. The van der Waals surface area contributed by atoms with Crippen molar-refractivity contribution in [2.75, 3.05) is 25.1 Å². The number of hydroxylamine groups is 4. The molecule has 3 aliphatic heterocycles. The number of nitrogens with two attached hydrogens (primary N) is 3. The number of hydrazine groups is 1. The third kappa shape index (κ3) is 19.5. The monoisotopic (exact) mass is 1030 g/mol. The van der Waals surface area contributed by atoms with E-state index in [1.165, 1.54) is 55.9 Å². The zero-order valence-electron chi connectivity index (χ0n) is 40.6. The number of aliphatic hydroxyl groups is 4. The van der Waals surface area contributed by atoms with Crippen LogP contribution in [0.1, 0.15) is 150 Å². The molecule has 0 saturated carbocycles. The fraction of sp³-hybridized carbons (Fsp3) is 0.429. The summed E-state index contributed by atoms with van der Waals surface area (Å²) in [5.74, 6) is 10.1. The van der Waals surface area contributed by atoms with Gasteiger partial charge in [-0.05, 0) is 117 Å². The normalized spacial score (nSPS) is 14.2. The Morgan fingerprint density at radius 3 is 1.29 bits per heavy atom. The highest BCUT2D eigenvalue weighted by molar-refractivity contribution is 9.09. The van der Waals surface area contributed by atoms with Crippen LogP contribution in [0.25, 0.3) is 0 Å². The summed E-state index contributed by atoms with van der Waals surface area (Å²) in [6.45, 7) is 15.2. The van der Waals surface area contributed by atoms with Gasteiger partial charge in [-0.3, -0.25) is 55.4 Å². The van der Waals surface area contributed by atoms with E-state index in [2.05, 4.69) is 52.4 Å². The number of amides is 6. The molecule has 0 saturated heterocycles. The average Bonchev–Trinajstić information content (AvgIpc) is 3.81. The van der Waals surface area contributed by atoms with E-state index in [0.717, 1.165) is 16.8 Å². The molecule has 3 heterocycles. The summed E-state index contributed by atoms with van der Waals surface area (Å²) in [4.78, 5) is 80.8. The van der Waals surface area contributed by atoms with Crippen molar-refractivity contribution < 1.29 is 64.1 Å². The molecule has 6 rings (SSSR count). The third-order valence-electron chi connectivity index (χ3n) is 9.96. The maximum atomic E-state index is 12.1. The van der Waals surface area contributed by atoms with E-state index in [9.17, 15) is 39.0 Å². The Balaban J connectivity index is 0.000000446. The van der Waals surface area contributed by atoms with E-state index in [1.807, 2.05) is 19.9 Å². The van der Waals surface area contributed by atoms with Gasteiger partial charge in [0, 0.05) is 18.3 Å². The molecule has 380 valence electrons. The van der Waals surface area contributed by atoms with Crippen molar-refractivity contribution >= 4 is 51.4 Å². The van der Waals surface area contributed by atoms with Gasteiger partial charge in [-0.25, -0.2) is 5.90 Å². The standard InChI is InChI=1S/C15H19NO4.C14H15NO3.C8H5NO3.C6H11Br.C6H15NO3.H4N2/c1-15(2,20)12(17)8-5-9-16-13(18)10-6-3-4-7-11(10)14(16)19;1-10(2)6-5-9-18-15-13(16)11-7-3-4-8-12(11)14(15)17;10-7-5-3-1-2-4-6(5)8(11)9(7)12;1-6(2)4-3-5-7;1-6(2,9)5(8)3-4-10-7;1-2/h3-4,6-7,12,17,20H,5,8-9H2,1-2H3;3-4,6-8H,5,9H2,1-2H3;1-4,12H;4H,3,5H2,1-2H3;5,8-9H,3-4,7H2,1-2H3;1-2H2. The Hall–Kier alpha value is -5.36. The van der Waals surface area contributed by atoms with Crippen LogP contribution >= 0.6 is 15.9 Å². The van der Waals surface area contributed by atoms with E-state index in [1.54, 1.807) is 60.7 Å². The summed E-state index contributed by atoms with van der Waals surface area (Å²) in [7, 11) is 0. The van der Waals surface area contributed by atoms with Crippen LogP contribution in [-0.4, -0.2) is 125 Å². The molecule has 6 amide bonds. The molecule has 3 aromatic rings. The van der Waals surface area contributed by atoms with Crippen molar-refractivity contribution in [1.82, 2.24) is 15.0 Å². The number of fused-ring (bicyclic) bond motifs is 3. The van der Waals surface area contributed by atoms with Crippen LogP contribution in [0.3, 0.4) is 0 Å². The molecule has 2 unspecified atom stereocenters. The summed E-state index contributed by atoms with van der Waals surface area (Å²) < 4.78 is 0. The number of nitrogens with zero attached hydrogens (tertiary/aromatic N) is 3. The molecule has 0 bridgehead atoms. The van der Waals surface area contributed by atoms with Gasteiger partial charge in [0.15, 0.2) is 0 Å². The molecular formula is C49H69BrN6O13. The van der Waals surface area contributed by atoms with Gasteiger partial charge in [-0.2, -0.15) is 0 Å². The highest BCUT2D eigenvalue weighted by Crippen LogP contribution is 2.25. The second-order valence-corrected chi connectivity index (χ2v) is 17.8. The highest BCUT2D eigenvalue weighted by atomic mass is 79.9. The number of rotatable bonds is 15. The number of alkyl halides is 1. The van der Waals surface area contributed by atoms with Crippen molar-refractivity contribution in [1.29, 1.82) is 0 Å². The van der Waals surface area contributed by atoms with Crippen molar-refractivity contribution in [3.63, 3.8) is 0 Å². The lowest BCUT2D eigenvalue weighted by Crippen LogP contribution is -2.37. The van der Waals surface area contributed by atoms with E-state index in [4.69, 9.17) is 26.2 Å². The number of carbonyl (C=O) groups is 6. The molecular weight excluding hydrogens is 960 g/mol. The fourth-order valence-corrected chi connectivity index (χ4v) is 6.30. The first-order valence-corrected chi connectivity index (χ1v) is 23.0. The minimum Gasteiger partial charge on any atom is -0.390 e. The van der Waals surface area contributed by atoms with Gasteiger partial charge in [0.2, 0.25) is 0 Å². The van der Waals surface area contributed by atoms with Gasteiger partial charge >= 0.3 is 0 Å². The molecule has 0 fully saturated rings. The van der Waals surface area contributed by atoms with Crippen LogP contribution in [0.4, 0.5) is 0 Å². The molecule has 0 radical (unpaired) electrons. The van der Waals surface area contributed by atoms with Gasteiger partial charge in [-0.1, -0.05) is 75.6 Å². The summed E-state index contributed by atoms with van der Waals surface area (Å²) in [6.07, 6.45) is 5.52. The fourth-order valence-electron chi connectivity index (χ4n) is 6.07. The second-order valence-electron chi connectivity index (χ2n) is 17.0. The quantitative estimate of drug-likeness (QED) is 0.0180. The number of imide groups is 3. The smallest absolute Gasteiger partial charge is 0.285 e. The molecule has 69 heavy (non-hydrogen) atoms. The van der Waals surface area contributed by atoms with Crippen LogP contribution < -0.4 is 17.6 Å². The number of benzene rings is 3. The minimum absolute atomic E-state index is 0.130. The largest absolute Gasteiger partial charge is 0.390 e. The maximum absolute atomic E-state index is 12.1. The lowest BCUT2D eigenvalue weighted by atomic mass is 9.98. The van der Waals surface area contributed by atoms with E-state index in [0.29, 0.717) is 54.5 Å². The topological polar surface area (TPSA) is 310 Å². The number of hydrogen-bond acceptors (Lipinski definition) is 16. The Morgan fingerprint density at radius 1 is 0.609 bits per heavy atom. The van der Waals surface area contributed by atoms with Gasteiger partial charge in [0.25, 0.3) is 35.4 Å². The predicted octanol–water partition coefficient (Wildman–Crippen LogP) is 5.39. The van der Waals surface area contributed by atoms with Crippen LogP contribution in [0.2, 0.25) is 0 Å². The van der Waals surface area contributed by atoms with Crippen molar-refractivity contribution in [2.45, 2.75) is 111 Å². The Bertz CT molecular complexity index is 2130. The number of halogens is 1. The number of carbonyl (C=O) groups excluding carboxylic acids is 6. The first-order chi connectivity index (χ1) is 32.4.